The molecule has 1 saturated carbocycles. The van der Waals surface area contributed by atoms with Gasteiger partial charge in [-0.25, -0.2) is 8.78 Å². The molecule has 2 aliphatic rings. The number of carbonyl (C=O) groups is 2. The molecule has 0 spiro atoms. The number of alkyl halides is 3. The van der Waals surface area contributed by atoms with Crippen LogP contribution in [0.2, 0.25) is 5.02 Å². The number of aromatic nitrogens is 2. The normalized spacial score (nSPS) is 16.2. The second kappa shape index (κ2) is 9.16. The van der Waals surface area contributed by atoms with Gasteiger partial charge in [0, 0.05) is 39.8 Å². The summed E-state index contributed by atoms with van der Waals surface area (Å²) in [6.45, 7) is 0. The first-order chi connectivity index (χ1) is 18.9. The Kier molecular flexibility index (Phi) is 5.95. The third kappa shape index (κ3) is 4.49. The van der Waals surface area contributed by atoms with Crippen LogP contribution in [0.4, 0.5) is 27.6 Å². The van der Waals surface area contributed by atoms with Crippen LogP contribution in [0.3, 0.4) is 0 Å². The molecule has 2 heterocycles. The maximum Gasteiger partial charge on any atom is 0.416 e. The van der Waals surface area contributed by atoms with Crippen LogP contribution < -0.4 is 10.6 Å². The highest BCUT2D eigenvalue weighted by Gasteiger charge is 2.38. The van der Waals surface area contributed by atoms with Crippen molar-refractivity contribution in [1.82, 2.24) is 15.1 Å². The van der Waals surface area contributed by atoms with Gasteiger partial charge in [-0.1, -0.05) is 17.2 Å². The molecule has 6 nitrogen and oxygen atoms in total. The van der Waals surface area contributed by atoms with E-state index >= 15 is 0 Å². The molecule has 2 N–H and O–H groups in total. The fourth-order valence-electron chi connectivity index (χ4n) is 4.90. The van der Waals surface area contributed by atoms with Crippen molar-refractivity contribution in [2.45, 2.75) is 25.1 Å². The largest absolute Gasteiger partial charge is 0.416 e. The first-order valence-electron chi connectivity index (χ1n) is 12.1. The second-order valence-corrected chi connectivity index (χ2v) is 10.1. The topological polar surface area (TPSA) is 76.0 Å². The molecule has 1 fully saturated rings. The van der Waals surface area contributed by atoms with Crippen LogP contribution in [0.25, 0.3) is 17.0 Å². The first kappa shape index (κ1) is 26.0. The van der Waals surface area contributed by atoms with Gasteiger partial charge in [-0.3, -0.25) is 14.3 Å². The Morgan fingerprint density at radius 2 is 1.88 bits per heavy atom. The number of nitrogens with one attached hydrogen (secondary N) is 2. The molecule has 4 aromatic rings. The zero-order chi connectivity index (χ0) is 28.5. The summed E-state index contributed by atoms with van der Waals surface area (Å²) in [7, 11) is 1.69. The number of nitrogens with zero attached hydrogens (tertiary/aromatic N) is 2. The van der Waals surface area contributed by atoms with Crippen LogP contribution in [0.15, 0.2) is 48.0 Å². The van der Waals surface area contributed by atoms with Gasteiger partial charge in [0.1, 0.15) is 17.2 Å². The SMILES string of the molecule is Cn1nc2c3c(c(NC(=O)c4cc(F)cc(C(F)(F)F)c4)cc2c1C=C1CC1)C(c1cc(F)ccc1Cl)NC3=O. The van der Waals surface area contributed by atoms with Gasteiger partial charge in [0.05, 0.1) is 22.9 Å². The van der Waals surface area contributed by atoms with Crippen molar-refractivity contribution >= 4 is 46.1 Å². The maximum absolute atomic E-state index is 14.2. The van der Waals surface area contributed by atoms with E-state index in [1.165, 1.54) is 6.07 Å². The van der Waals surface area contributed by atoms with Crippen molar-refractivity contribution in [2.75, 3.05) is 5.32 Å². The van der Waals surface area contributed by atoms with Crippen LogP contribution in [-0.2, 0) is 13.2 Å². The molecule has 0 bridgehead atoms. The van der Waals surface area contributed by atoms with E-state index in [9.17, 15) is 31.5 Å². The van der Waals surface area contributed by atoms with E-state index in [0.717, 1.165) is 30.5 Å². The summed E-state index contributed by atoms with van der Waals surface area (Å²) in [6.07, 6.45) is -1.15. The minimum Gasteiger partial charge on any atom is -0.341 e. The third-order valence-electron chi connectivity index (χ3n) is 6.89. The highest BCUT2D eigenvalue weighted by atomic mass is 35.5. The Labute approximate surface area is 228 Å². The predicted molar refractivity (Wildman–Crippen MR) is 138 cm³/mol. The summed E-state index contributed by atoms with van der Waals surface area (Å²) in [5, 5.41) is 10.5. The molecular weight excluding hydrogens is 555 g/mol. The molecule has 12 heteroatoms. The summed E-state index contributed by atoms with van der Waals surface area (Å²) in [5.74, 6) is -3.46. The molecule has 40 heavy (non-hydrogen) atoms. The standard InChI is InChI=1S/C28H18ClF5N4O2/c1-38-21(6-12-2-3-12)18-11-20(35-26(39)13-7-14(28(32,33)34)9-16(31)8-13)22-23(25(18)37-38)27(40)36-24(22)17-10-15(30)4-5-19(17)29/h4-11,24H,2-3H2,1H3,(H,35,39)(H,36,40). The Hall–Kier alpha value is -4.25. The zero-order valence-electron chi connectivity index (χ0n) is 20.6. The van der Waals surface area contributed by atoms with Crippen LogP contribution in [0.5, 0.6) is 0 Å². The van der Waals surface area contributed by atoms with E-state index in [0.29, 0.717) is 34.8 Å². The van der Waals surface area contributed by atoms with Crippen LogP contribution >= 0.6 is 11.6 Å². The average molecular weight is 573 g/mol. The van der Waals surface area contributed by atoms with Crippen molar-refractivity contribution in [1.29, 1.82) is 0 Å². The minimum absolute atomic E-state index is 0.0532. The summed E-state index contributed by atoms with van der Waals surface area (Å²) < 4.78 is 69.8. The number of rotatable bonds is 4. The Morgan fingerprint density at radius 3 is 2.58 bits per heavy atom. The molecule has 1 aromatic heterocycles. The Morgan fingerprint density at radius 1 is 1.12 bits per heavy atom. The van der Waals surface area contributed by atoms with Crippen molar-refractivity contribution < 1.29 is 31.5 Å². The van der Waals surface area contributed by atoms with Gasteiger partial charge < -0.3 is 10.6 Å². The monoisotopic (exact) mass is 572 g/mol. The summed E-state index contributed by atoms with van der Waals surface area (Å²) >= 11 is 6.35. The molecule has 6 rings (SSSR count). The Balaban J connectivity index is 1.55. The number of carbonyl (C=O) groups excluding carboxylic acids is 2. The van der Waals surface area contributed by atoms with Gasteiger partial charge in [-0.15, -0.1) is 0 Å². The quantitative estimate of drug-likeness (QED) is 0.265. The summed E-state index contributed by atoms with van der Waals surface area (Å²) in [5.41, 5.74) is 0.785. The third-order valence-corrected chi connectivity index (χ3v) is 7.23. The highest BCUT2D eigenvalue weighted by Crippen LogP contribution is 2.44. The number of benzene rings is 3. The fraction of sp³-hybridized carbons (Fsp3) is 0.179. The summed E-state index contributed by atoms with van der Waals surface area (Å²) in [4.78, 5) is 26.6. The number of hydrogen-bond donors (Lipinski definition) is 2. The molecule has 0 saturated heterocycles. The van der Waals surface area contributed by atoms with Crippen molar-refractivity contribution in [3.8, 4) is 0 Å². The van der Waals surface area contributed by atoms with Gasteiger partial charge in [-0.05, 0) is 61.4 Å². The van der Waals surface area contributed by atoms with Crippen LogP contribution in [0.1, 0.15) is 62.0 Å². The van der Waals surface area contributed by atoms with E-state index in [1.807, 2.05) is 6.08 Å². The number of aryl methyl sites for hydroxylation is 1. The van der Waals surface area contributed by atoms with Crippen molar-refractivity contribution in [3.05, 3.63) is 98.2 Å². The van der Waals surface area contributed by atoms with Crippen molar-refractivity contribution in [2.24, 2.45) is 7.05 Å². The minimum atomic E-state index is -4.88. The molecule has 1 atom stereocenters. The van der Waals surface area contributed by atoms with Gasteiger partial charge in [0.15, 0.2) is 0 Å². The zero-order valence-corrected chi connectivity index (χ0v) is 21.3. The average Bonchev–Trinajstić information content (AvgIpc) is 3.57. The smallest absolute Gasteiger partial charge is 0.341 e. The number of allylic oxidation sites excluding steroid dienone is 1. The highest BCUT2D eigenvalue weighted by molar-refractivity contribution is 6.31. The van der Waals surface area contributed by atoms with E-state index in [-0.39, 0.29) is 27.4 Å². The lowest BCUT2D eigenvalue weighted by Crippen LogP contribution is -2.21. The number of hydrogen-bond acceptors (Lipinski definition) is 3. The molecule has 1 unspecified atom stereocenters. The Bertz CT molecular complexity index is 1790. The molecular formula is C28H18ClF5N4O2. The first-order valence-corrected chi connectivity index (χ1v) is 12.5. The van der Waals surface area contributed by atoms with E-state index in [1.54, 1.807) is 17.8 Å². The second-order valence-electron chi connectivity index (χ2n) is 9.67. The van der Waals surface area contributed by atoms with Crippen LogP contribution in [-0.4, -0.2) is 21.6 Å². The van der Waals surface area contributed by atoms with E-state index in [4.69, 9.17) is 11.6 Å². The number of anilines is 1. The van der Waals surface area contributed by atoms with Crippen molar-refractivity contribution in [3.63, 3.8) is 0 Å². The molecule has 204 valence electrons. The molecule has 2 amide bonds. The number of amides is 2. The maximum atomic E-state index is 14.2. The molecule has 3 aromatic carbocycles. The molecule has 1 aliphatic carbocycles. The molecule has 1 aliphatic heterocycles. The van der Waals surface area contributed by atoms with Gasteiger partial charge in [0.25, 0.3) is 11.8 Å². The lowest BCUT2D eigenvalue weighted by Gasteiger charge is -2.18. The number of fused-ring (bicyclic) bond motifs is 3. The van der Waals surface area contributed by atoms with Gasteiger partial charge >= 0.3 is 6.18 Å². The summed E-state index contributed by atoms with van der Waals surface area (Å²) in [6, 6.07) is 5.65. The lowest BCUT2D eigenvalue weighted by molar-refractivity contribution is -0.137. The van der Waals surface area contributed by atoms with Gasteiger partial charge in [0.2, 0.25) is 0 Å². The van der Waals surface area contributed by atoms with E-state index in [2.05, 4.69) is 15.7 Å². The van der Waals surface area contributed by atoms with E-state index < -0.39 is 46.8 Å². The number of halogens is 6. The fourth-order valence-corrected chi connectivity index (χ4v) is 5.13. The lowest BCUT2D eigenvalue weighted by atomic mass is 9.94. The predicted octanol–water partition coefficient (Wildman–Crippen LogP) is 6.79. The van der Waals surface area contributed by atoms with Gasteiger partial charge in [-0.2, -0.15) is 18.3 Å². The molecule has 0 radical (unpaired) electrons. The van der Waals surface area contributed by atoms with Crippen LogP contribution in [0, 0.1) is 11.6 Å².